The van der Waals surface area contributed by atoms with E-state index in [4.69, 9.17) is 8.83 Å². The first-order valence-electron chi connectivity index (χ1n) is 8.39. The molecular formula is C19H19N5O2. The highest BCUT2D eigenvalue weighted by Crippen LogP contribution is 2.22. The van der Waals surface area contributed by atoms with Gasteiger partial charge in [-0.3, -0.25) is 0 Å². The van der Waals surface area contributed by atoms with Gasteiger partial charge in [-0.05, 0) is 43.7 Å². The standard InChI is InChI=1S/C19H19N5O2/c1-13(15-5-7-16(8-6-15)24-12-20-11-22-24)21-10-17-14(2)26-19(23-17)18-4-3-9-25-18/h3-9,11-13,21H,10H2,1-2H3/t13-/m1/s1. The molecule has 7 heteroatoms. The topological polar surface area (TPSA) is 81.9 Å². The maximum atomic E-state index is 5.69. The summed E-state index contributed by atoms with van der Waals surface area (Å²) >= 11 is 0. The predicted molar refractivity (Wildman–Crippen MR) is 95.6 cm³/mol. The summed E-state index contributed by atoms with van der Waals surface area (Å²) in [5, 5.41) is 7.61. The Hall–Kier alpha value is -3.19. The Kier molecular flexibility index (Phi) is 4.37. The van der Waals surface area contributed by atoms with Crippen LogP contribution < -0.4 is 5.32 Å². The molecule has 0 spiro atoms. The number of oxazole rings is 1. The molecule has 132 valence electrons. The summed E-state index contributed by atoms with van der Waals surface area (Å²) in [5.74, 6) is 1.93. The average molecular weight is 349 g/mol. The molecule has 0 saturated carbocycles. The van der Waals surface area contributed by atoms with Crippen LogP contribution in [0.25, 0.3) is 17.3 Å². The minimum Gasteiger partial charge on any atom is -0.459 e. The van der Waals surface area contributed by atoms with Gasteiger partial charge in [-0.2, -0.15) is 5.10 Å². The molecule has 3 aromatic heterocycles. The van der Waals surface area contributed by atoms with Crippen molar-refractivity contribution in [1.29, 1.82) is 0 Å². The molecule has 1 N–H and O–H groups in total. The van der Waals surface area contributed by atoms with Crippen LogP contribution in [-0.4, -0.2) is 19.7 Å². The molecule has 0 bridgehead atoms. The van der Waals surface area contributed by atoms with E-state index in [2.05, 4.69) is 39.4 Å². The number of benzene rings is 1. The molecule has 0 amide bonds. The van der Waals surface area contributed by atoms with Crippen LogP contribution in [0.2, 0.25) is 0 Å². The van der Waals surface area contributed by atoms with Crippen molar-refractivity contribution >= 4 is 0 Å². The van der Waals surface area contributed by atoms with Crippen molar-refractivity contribution in [2.75, 3.05) is 0 Å². The van der Waals surface area contributed by atoms with Gasteiger partial charge in [-0.25, -0.2) is 14.6 Å². The molecule has 0 aliphatic carbocycles. The van der Waals surface area contributed by atoms with Gasteiger partial charge in [0.2, 0.25) is 0 Å². The van der Waals surface area contributed by atoms with E-state index in [1.807, 2.05) is 31.2 Å². The van der Waals surface area contributed by atoms with Crippen molar-refractivity contribution in [3.05, 3.63) is 72.3 Å². The Morgan fingerprint density at radius 3 is 2.73 bits per heavy atom. The summed E-state index contributed by atoms with van der Waals surface area (Å²) in [4.78, 5) is 8.49. The van der Waals surface area contributed by atoms with Gasteiger partial charge >= 0.3 is 0 Å². The van der Waals surface area contributed by atoms with Crippen LogP contribution in [0, 0.1) is 6.92 Å². The van der Waals surface area contributed by atoms with Crippen molar-refractivity contribution < 1.29 is 8.83 Å². The van der Waals surface area contributed by atoms with Crippen molar-refractivity contribution in [2.24, 2.45) is 0 Å². The molecule has 0 aliphatic rings. The van der Waals surface area contributed by atoms with Crippen LogP contribution in [0.15, 0.2) is 64.2 Å². The highest BCUT2D eigenvalue weighted by Gasteiger charge is 2.14. The van der Waals surface area contributed by atoms with E-state index in [9.17, 15) is 0 Å². The lowest BCUT2D eigenvalue weighted by Crippen LogP contribution is -2.18. The molecule has 1 aromatic carbocycles. The molecule has 0 saturated heterocycles. The summed E-state index contributed by atoms with van der Waals surface area (Å²) in [6.07, 6.45) is 4.81. The average Bonchev–Trinajstić information content (AvgIpc) is 3.41. The molecule has 7 nitrogen and oxygen atoms in total. The number of rotatable bonds is 6. The third kappa shape index (κ3) is 3.29. The van der Waals surface area contributed by atoms with Crippen LogP contribution >= 0.6 is 0 Å². The highest BCUT2D eigenvalue weighted by molar-refractivity contribution is 5.44. The Labute approximate surface area is 150 Å². The second-order valence-corrected chi connectivity index (χ2v) is 6.03. The van der Waals surface area contributed by atoms with E-state index in [1.54, 1.807) is 17.3 Å². The predicted octanol–water partition coefficient (Wildman–Crippen LogP) is 3.67. The summed E-state index contributed by atoms with van der Waals surface area (Å²) in [6.45, 7) is 4.64. The minimum atomic E-state index is 0.169. The van der Waals surface area contributed by atoms with Crippen LogP contribution in [0.3, 0.4) is 0 Å². The molecule has 0 unspecified atom stereocenters. The van der Waals surface area contributed by atoms with Gasteiger partial charge < -0.3 is 14.2 Å². The smallest absolute Gasteiger partial charge is 0.263 e. The lowest BCUT2D eigenvalue weighted by atomic mass is 10.1. The van der Waals surface area contributed by atoms with E-state index in [-0.39, 0.29) is 6.04 Å². The molecule has 4 aromatic rings. The summed E-state index contributed by atoms with van der Waals surface area (Å²) in [7, 11) is 0. The van der Waals surface area contributed by atoms with Gasteiger partial charge in [0.05, 0.1) is 17.6 Å². The van der Waals surface area contributed by atoms with Crippen LogP contribution in [0.1, 0.15) is 30.0 Å². The van der Waals surface area contributed by atoms with Gasteiger partial charge in [0.15, 0.2) is 5.76 Å². The number of hydrogen-bond acceptors (Lipinski definition) is 6. The molecule has 26 heavy (non-hydrogen) atoms. The van der Waals surface area contributed by atoms with Crippen LogP contribution in [-0.2, 0) is 6.54 Å². The van der Waals surface area contributed by atoms with Gasteiger partial charge in [-0.15, -0.1) is 0 Å². The number of furan rings is 1. The van der Waals surface area contributed by atoms with Crippen LogP contribution in [0.4, 0.5) is 0 Å². The summed E-state index contributed by atoms with van der Waals surface area (Å²) in [6, 6.07) is 12.0. The van der Waals surface area contributed by atoms with E-state index >= 15 is 0 Å². The zero-order chi connectivity index (χ0) is 17.9. The first kappa shape index (κ1) is 16.3. The Morgan fingerprint density at radius 1 is 1.19 bits per heavy atom. The van der Waals surface area contributed by atoms with Crippen molar-refractivity contribution in [3.8, 4) is 17.3 Å². The third-order valence-corrected chi connectivity index (χ3v) is 4.28. The monoisotopic (exact) mass is 349 g/mol. The zero-order valence-electron chi connectivity index (χ0n) is 14.6. The van der Waals surface area contributed by atoms with Gasteiger partial charge in [-0.1, -0.05) is 12.1 Å². The maximum Gasteiger partial charge on any atom is 0.263 e. The van der Waals surface area contributed by atoms with Crippen molar-refractivity contribution in [2.45, 2.75) is 26.4 Å². The molecule has 3 heterocycles. The minimum absolute atomic E-state index is 0.169. The first-order chi connectivity index (χ1) is 12.7. The lowest BCUT2D eigenvalue weighted by Gasteiger charge is -2.14. The van der Waals surface area contributed by atoms with E-state index in [0.29, 0.717) is 18.2 Å². The second-order valence-electron chi connectivity index (χ2n) is 6.03. The highest BCUT2D eigenvalue weighted by atomic mass is 16.4. The van der Waals surface area contributed by atoms with Crippen LogP contribution in [0.5, 0.6) is 0 Å². The number of hydrogen-bond donors (Lipinski definition) is 1. The Balaban J connectivity index is 1.42. The fourth-order valence-corrected chi connectivity index (χ4v) is 2.72. The summed E-state index contributed by atoms with van der Waals surface area (Å²) < 4.78 is 12.8. The fourth-order valence-electron chi connectivity index (χ4n) is 2.72. The van der Waals surface area contributed by atoms with Crippen molar-refractivity contribution in [1.82, 2.24) is 25.1 Å². The normalized spacial score (nSPS) is 12.4. The Bertz CT molecular complexity index is 956. The molecule has 0 radical (unpaired) electrons. The fraction of sp³-hybridized carbons (Fsp3) is 0.211. The van der Waals surface area contributed by atoms with E-state index in [0.717, 1.165) is 17.1 Å². The molecule has 4 rings (SSSR count). The SMILES string of the molecule is Cc1oc(-c2ccco2)nc1CN[C@H](C)c1ccc(-n2cncn2)cc1. The number of aromatic nitrogens is 4. The quantitative estimate of drug-likeness (QED) is 0.572. The first-order valence-corrected chi connectivity index (χ1v) is 8.39. The van der Waals surface area contributed by atoms with Crippen molar-refractivity contribution in [3.63, 3.8) is 0 Å². The van der Waals surface area contributed by atoms with E-state index in [1.165, 1.54) is 11.9 Å². The van der Waals surface area contributed by atoms with Gasteiger partial charge in [0.1, 0.15) is 18.4 Å². The molecular weight excluding hydrogens is 330 g/mol. The summed E-state index contributed by atoms with van der Waals surface area (Å²) in [5.41, 5.74) is 3.04. The third-order valence-electron chi connectivity index (χ3n) is 4.28. The van der Waals surface area contributed by atoms with Gasteiger partial charge in [0, 0.05) is 12.6 Å². The molecule has 0 aliphatic heterocycles. The maximum absolute atomic E-state index is 5.69. The second kappa shape index (κ2) is 6.97. The zero-order valence-corrected chi connectivity index (χ0v) is 14.6. The number of aryl methyl sites for hydroxylation is 1. The largest absolute Gasteiger partial charge is 0.459 e. The number of nitrogens with one attached hydrogen (secondary N) is 1. The van der Waals surface area contributed by atoms with Gasteiger partial charge in [0.25, 0.3) is 5.89 Å². The lowest BCUT2D eigenvalue weighted by molar-refractivity contribution is 0.497. The number of nitrogens with zero attached hydrogens (tertiary/aromatic N) is 4. The van der Waals surface area contributed by atoms with E-state index < -0.39 is 0 Å². The Morgan fingerprint density at radius 2 is 2.04 bits per heavy atom. The molecule has 1 atom stereocenters. The molecule has 0 fully saturated rings.